The molecule has 0 unspecified atom stereocenters. The summed E-state index contributed by atoms with van der Waals surface area (Å²) in [5, 5.41) is 45.8. The monoisotopic (exact) mass is 1810 g/mol. The molecule has 38 heteroatoms. The number of aliphatic carboxylic acids is 1. The summed E-state index contributed by atoms with van der Waals surface area (Å²) in [6, 6.07) is 42.7. The van der Waals surface area contributed by atoms with Crippen molar-refractivity contribution in [3.63, 3.8) is 0 Å². The number of aromatic hydroxyl groups is 1. The number of hydrogen-bond donors (Lipinski definition) is 5. The van der Waals surface area contributed by atoms with E-state index in [-0.39, 0.29) is 63.1 Å². The van der Waals surface area contributed by atoms with Gasteiger partial charge in [0.2, 0.25) is 5.91 Å². The quantitative estimate of drug-likeness (QED) is 0.0128. The molecule has 10 heterocycles. The van der Waals surface area contributed by atoms with E-state index in [1.54, 1.807) is 160 Å². The number of amides is 1. The molecule has 592 valence electrons. The number of aromatic nitrogens is 5. The maximum absolute atomic E-state index is 14.6. The number of hydrogen-bond acceptors (Lipinski definition) is 26. The number of phenolic OH excluding ortho intramolecular Hbond substituents is 1. The van der Waals surface area contributed by atoms with Gasteiger partial charge in [-0.3, -0.25) is 54.7 Å². The number of fused-ring (bicyclic) bond motifs is 5. The first kappa shape index (κ1) is 91.7. The standard InChI is InChI=1S/C23H18FN3O2S2.C14H9FN2O3S2.C14H11FN2OS2.C8H6ClNS2.C7H4ClNS.C6H4FNO3.C2H4O2.C2H6S.Fe/c1-14-11-18-22(31-14)20(9-10-25-18)29-19-8-7-16(13-17(19)24)26-23(30)27-21(28)12-15-5-3-2-4-6-15;1-21-13-7-10-14(22-13)12(4-5-16-10)20-11-3-2-8(17(18)19)6-9(11)15;1-19-13-7-10-14(20-13)12(4-5-17-10)18-11-3-2-8(16)6-9(11)15;1-11-7-4-6-8(12-7)5(9)2-3-10-6;8-5-1-3-9-6-2-4-10-7(5)6;7-5-3-4(8(10)11)1-2-6(5)9;1-2(3)4;1-3-2;/h2-11,13H,12H2,1H3,(H2,26,27,28,30);2-7H,1H3;2-7H,16H2,1H3;2-4H,1H3;1-4H;1-3,9H;1H3,(H,3,4);1-2H3;. The number of carboxylic acid groups (broad SMARTS) is 1. The number of nitro benzene ring substituents is 2. The predicted octanol–water partition coefficient (Wildman–Crippen LogP) is 24.1. The number of nitrogens with two attached hydrogens (primary N) is 1. The number of anilines is 2. The third-order valence-electron chi connectivity index (χ3n) is 14.0. The molecule has 0 atom stereocenters. The van der Waals surface area contributed by atoms with Gasteiger partial charge in [0.25, 0.3) is 17.3 Å². The Morgan fingerprint density at radius 1 is 0.535 bits per heavy atom. The van der Waals surface area contributed by atoms with Gasteiger partial charge in [-0.15, -0.1) is 92.0 Å². The molecule has 0 aliphatic rings. The zero-order valence-electron chi connectivity index (χ0n) is 60.2. The van der Waals surface area contributed by atoms with Crippen LogP contribution in [-0.4, -0.2) is 93.2 Å². The Balaban J connectivity index is 0.000000193. The molecule has 0 saturated carbocycles. The minimum Gasteiger partial charge on any atom is -0.505 e. The number of phenols is 1. The summed E-state index contributed by atoms with van der Waals surface area (Å²) < 4.78 is 80.0. The summed E-state index contributed by atoms with van der Waals surface area (Å²) in [5.41, 5.74) is 10.9. The van der Waals surface area contributed by atoms with Crippen LogP contribution in [0, 0.1) is 50.4 Å². The Hall–Kier alpha value is -9.50. The second kappa shape index (κ2) is 45.6. The van der Waals surface area contributed by atoms with Crippen LogP contribution in [0.3, 0.4) is 0 Å². The van der Waals surface area contributed by atoms with Gasteiger partial charge in [0, 0.05) is 114 Å². The Labute approximate surface area is 711 Å². The number of pyridine rings is 5. The molecule has 0 fully saturated rings. The molecular formula is C76H62Cl2F4FeN10O11S10. The SMILES string of the molecule is CC(=O)O.CSC.CSc1cc2nccc(Cl)c2s1.CSc1cc2nccc(Oc3ccc(N)cc3F)c2s1.CSc1cc2nccc(Oc3ccc([N+](=O)[O-])cc3F)c2s1.Cc1cc2nccc(Oc3ccc(NC(=S)NC(=O)Cc4ccccc4)cc3F)c2s1.Clc1ccnc2ccsc12.O=[N+]([O-])c1ccc(O)c(F)c1.[Fe]. The first-order chi connectivity index (χ1) is 54.2. The number of ether oxygens (including phenoxy) is 3. The molecule has 6 N–H and O–H groups in total. The van der Waals surface area contributed by atoms with Crippen molar-refractivity contribution in [2.75, 3.05) is 42.3 Å². The average molecular weight is 1810 g/mol. The number of carboxylic acids is 1. The number of benzene rings is 5. The van der Waals surface area contributed by atoms with E-state index in [0.29, 0.717) is 34.7 Å². The van der Waals surface area contributed by atoms with Crippen LogP contribution in [-0.2, 0) is 33.1 Å². The fourth-order valence-electron chi connectivity index (χ4n) is 9.12. The summed E-state index contributed by atoms with van der Waals surface area (Å²) in [6.45, 7) is 3.07. The molecular weight excluding hydrogens is 1750 g/mol. The number of carbonyl (C=O) groups is 2. The molecule has 0 saturated heterocycles. The van der Waals surface area contributed by atoms with Crippen molar-refractivity contribution in [2.45, 2.75) is 32.9 Å². The van der Waals surface area contributed by atoms with Crippen LogP contribution in [0.25, 0.3) is 51.1 Å². The van der Waals surface area contributed by atoms with E-state index in [1.807, 2.05) is 98.0 Å². The molecule has 114 heavy (non-hydrogen) atoms. The average Bonchev–Trinajstić information content (AvgIpc) is 1.69. The summed E-state index contributed by atoms with van der Waals surface area (Å²) in [6.07, 6.45) is 18.6. The zero-order chi connectivity index (χ0) is 81.8. The summed E-state index contributed by atoms with van der Waals surface area (Å²) in [7, 11) is 0. The Morgan fingerprint density at radius 2 is 0.947 bits per heavy atom. The van der Waals surface area contributed by atoms with E-state index >= 15 is 0 Å². The van der Waals surface area contributed by atoms with Crippen molar-refractivity contribution in [1.29, 1.82) is 0 Å². The van der Waals surface area contributed by atoms with Crippen LogP contribution in [0.15, 0.2) is 213 Å². The second-order valence-electron chi connectivity index (χ2n) is 22.2. The topological polar surface area (TPSA) is 303 Å². The number of thiocarbonyl (C=S) groups is 1. The number of halogens is 6. The van der Waals surface area contributed by atoms with E-state index in [9.17, 15) is 42.6 Å². The molecule has 0 aliphatic carbocycles. The number of nitrogens with one attached hydrogen (secondary N) is 2. The van der Waals surface area contributed by atoms with Crippen LogP contribution in [0.5, 0.6) is 40.2 Å². The van der Waals surface area contributed by atoms with Crippen molar-refractivity contribution in [3.05, 3.63) is 264 Å². The molecule has 0 spiro atoms. The van der Waals surface area contributed by atoms with Crippen LogP contribution in [0.1, 0.15) is 17.4 Å². The number of carbonyl (C=O) groups excluding carboxylic acids is 1. The molecule has 1 amide bonds. The van der Waals surface area contributed by atoms with Crippen molar-refractivity contribution in [1.82, 2.24) is 30.2 Å². The molecule has 10 aromatic heterocycles. The maximum atomic E-state index is 14.6. The minimum absolute atomic E-state index is 0. The van der Waals surface area contributed by atoms with Gasteiger partial charge in [-0.05, 0) is 140 Å². The van der Waals surface area contributed by atoms with E-state index in [1.165, 1.54) is 51.9 Å². The third kappa shape index (κ3) is 27.3. The molecule has 0 bridgehead atoms. The molecule has 0 radical (unpaired) electrons. The van der Waals surface area contributed by atoms with Gasteiger partial charge in [-0.25, -0.2) is 17.6 Å². The molecule has 15 rings (SSSR count). The van der Waals surface area contributed by atoms with Crippen molar-refractivity contribution < 1.29 is 78.5 Å². The number of rotatable bonds is 14. The number of thioether (sulfide) groups is 4. The Kier molecular flexibility index (Phi) is 36.6. The molecule has 15 aromatic rings. The van der Waals surface area contributed by atoms with E-state index in [0.717, 1.165) is 105 Å². The van der Waals surface area contributed by atoms with E-state index in [2.05, 4.69) is 47.9 Å². The Morgan fingerprint density at radius 3 is 1.40 bits per heavy atom. The number of thiophene rings is 5. The fourth-order valence-corrected chi connectivity index (χ4v) is 16.4. The number of non-ortho nitro benzene ring substituents is 2. The maximum Gasteiger partial charge on any atom is 0.300 e. The zero-order valence-corrected chi connectivity index (χ0v) is 71.0. The molecule has 5 aromatic carbocycles. The smallest absolute Gasteiger partial charge is 0.300 e. The van der Waals surface area contributed by atoms with Gasteiger partial charge in [-0.1, -0.05) is 53.5 Å². The van der Waals surface area contributed by atoms with Gasteiger partial charge in [-0.2, -0.15) is 11.8 Å². The van der Waals surface area contributed by atoms with Crippen LogP contribution >= 0.6 is 139 Å². The molecule has 0 aliphatic heterocycles. The normalized spacial score (nSPS) is 10.3. The third-order valence-corrected chi connectivity index (χ3v) is 23.7. The van der Waals surface area contributed by atoms with Gasteiger partial charge in [0.05, 0.1) is 102 Å². The van der Waals surface area contributed by atoms with Crippen LogP contribution in [0.2, 0.25) is 10.0 Å². The van der Waals surface area contributed by atoms with Gasteiger partial charge < -0.3 is 40.8 Å². The van der Waals surface area contributed by atoms with Crippen molar-refractivity contribution >= 4 is 230 Å². The van der Waals surface area contributed by atoms with Crippen molar-refractivity contribution in [3.8, 4) is 40.2 Å². The van der Waals surface area contributed by atoms with E-state index in [4.69, 9.17) is 70.4 Å². The van der Waals surface area contributed by atoms with Gasteiger partial charge in [0.15, 0.2) is 51.4 Å². The van der Waals surface area contributed by atoms with Gasteiger partial charge >= 0.3 is 0 Å². The minimum atomic E-state index is -0.987. The predicted molar refractivity (Wildman–Crippen MR) is 461 cm³/mol. The van der Waals surface area contributed by atoms with Crippen LogP contribution in [0.4, 0.5) is 40.3 Å². The van der Waals surface area contributed by atoms with Crippen LogP contribution < -0.4 is 30.6 Å². The number of aryl methyl sites for hydroxylation is 1. The summed E-state index contributed by atoms with van der Waals surface area (Å²) >= 11 is 31.7. The van der Waals surface area contributed by atoms with E-state index < -0.39 is 44.8 Å². The first-order valence-electron chi connectivity index (χ1n) is 32.1. The van der Waals surface area contributed by atoms with Gasteiger partial charge in [0.1, 0.15) is 17.2 Å². The largest absolute Gasteiger partial charge is 0.505 e. The second-order valence-corrected chi connectivity index (χ2v) is 32.9. The number of nitrogens with zero attached hydrogens (tertiary/aromatic N) is 7. The van der Waals surface area contributed by atoms with Crippen molar-refractivity contribution in [2.24, 2.45) is 0 Å². The number of nitrogen functional groups attached to an aromatic ring is 1. The Bertz CT molecular complexity index is 5820. The fraction of sp³-hybridized carbons (Fsp3) is 0.105. The first-order valence-corrected chi connectivity index (χ1v) is 42.7. The summed E-state index contributed by atoms with van der Waals surface area (Å²) in [4.78, 5) is 62.7. The molecule has 21 nitrogen and oxygen atoms in total. The summed E-state index contributed by atoms with van der Waals surface area (Å²) in [5.74, 6) is -2.66. The number of nitro groups is 2.